The third-order valence-corrected chi connectivity index (χ3v) is 4.08. The van der Waals surface area contributed by atoms with Crippen LogP contribution in [0.3, 0.4) is 0 Å². The van der Waals surface area contributed by atoms with Crippen LogP contribution in [0.15, 0.2) is 46.9 Å². The number of hydrogen-bond acceptors (Lipinski definition) is 3. The lowest BCUT2D eigenvalue weighted by atomic mass is 10.0. The van der Waals surface area contributed by atoms with Gasteiger partial charge in [0.2, 0.25) is 0 Å². The van der Waals surface area contributed by atoms with Crippen molar-refractivity contribution in [3.8, 4) is 5.75 Å². The van der Waals surface area contributed by atoms with E-state index in [1.807, 2.05) is 30.3 Å². The lowest BCUT2D eigenvalue weighted by Crippen LogP contribution is -2.12. The fourth-order valence-corrected chi connectivity index (χ4v) is 2.98. The summed E-state index contributed by atoms with van der Waals surface area (Å²) in [6, 6.07) is 14.0. The fraction of sp³-hybridized carbons (Fsp3) is 0.222. The summed E-state index contributed by atoms with van der Waals surface area (Å²) < 4.78 is 11.7. The molecule has 1 unspecified atom stereocenters. The monoisotopic (exact) mass is 279 g/mol. The summed E-state index contributed by atoms with van der Waals surface area (Å²) in [5, 5.41) is 1.09. The van der Waals surface area contributed by atoms with Crippen LogP contribution in [0.25, 0.3) is 11.0 Å². The normalized spacial score (nSPS) is 15.0. The van der Waals surface area contributed by atoms with E-state index >= 15 is 0 Å². The van der Waals surface area contributed by atoms with Gasteiger partial charge in [0, 0.05) is 17.4 Å². The van der Waals surface area contributed by atoms with Crippen molar-refractivity contribution in [2.45, 2.75) is 19.4 Å². The van der Waals surface area contributed by atoms with Crippen molar-refractivity contribution in [2.75, 3.05) is 6.61 Å². The van der Waals surface area contributed by atoms with E-state index in [0.29, 0.717) is 0 Å². The minimum atomic E-state index is -0.300. The first-order chi connectivity index (χ1) is 10.2. The molecule has 0 radical (unpaired) electrons. The molecule has 2 N–H and O–H groups in total. The highest BCUT2D eigenvalue weighted by Crippen LogP contribution is 2.36. The van der Waals surface area contributed by atoms with Crippen molar-refractivity contribution in [3.05, 3.63) is 64.9 Å². The quantitative estimate of drug-likeness (QED) is 0.777. The number of furan rings is 1. The largest absolute Gasteiger partial charge is 0.493 e. The summed E-state index contributed by atoms with van der Waals surface area (Å²) in [7, 11) is 0. The Morgan fingerprint density at radius 1 is 1.14 bits per heavy atom. The summed E-state index contributed by atoms with van der Waals surface area (Å²) in [4.78, 5) is 0. The summed E-state index contributed by atoms with van der Waals surface area (Å²) >= 11 is 0. The number of ether oxygens (including phenoxy) is 1. The van der Waals surface area contributed by atoms with Crippen LogP contribution in [0.2, 0.25) is 0 Å². The average Bonchev–Trinajstić information content (AvgIpc) is 3.11. The van der Waals surface area contributed by atoms with E-state index in [1.54, 1.807) is 0 Å². The molecular weight excluding hydrogens is 262 g/mol. The van der Waals surface area contributed by atoms with Gasteiger partial charge < -0.3 is 14.9 Å². The number of aryl methyl sites for hydroxylation is 1. The van der Waals surface area contributed by atoms with E-state index in [9.17, 15) is 0 Å². The van der Waals surface area contributed by atoms with Gasteiger partial charge in [-0.3, -0.25) is 0 Å². The Morgan fingerprint density at radius 2 is 2.05 bits per heavy atom. The SMILES string of the molecule is Cc1ccc2oc(C(N)c3cccc4c3OCC4)cc2c1. The number of para-hydroxylation sites is 1. The van der Waals surface area contributed by atoms with E-state index < -0.39 is 0 Å². The number of nitrogens with two attached hydrogens (primary N) is 1. The molecule has 4 rings (SSSR count). The van der Waals surface area contributed by atoms with Gasteiger partial charge in [-0.25, -0.2) is 0 Å². The molecule has 106 valence electrons. The molecule has 0 saturated carbocycles. The highest BCUT2D eigenvalue weighted by Gasteiger charge is 2.23. The molecule has 3 nitrogen and oxygen atoms in total. The summed E-state index contributed by atoms with van der Waals surface area (Å²) in [5.74, 6) is 1.71. The maximum absolute atomic E-state index is 6.42. The Labute approximate surface area is 123 Å². The minimum absolute atomic E-state index is 0.300. The van der Waals surface area contributed by atoms with Crippen LogP contribution in [0.1, 0.15) is 28.5 Å². The first kappa shape index (κ1) is 12.5. The lowest BCUT2D eigenvalue weighted by molar-refractivity contribution is 0.351. The first-order valence-electron chi connectivity index (χ1n) is 7.22. The molecule has 1 aliphatic heterocycles. The maximum Gasteiger partial charge on any atom is 0.134 e. The zero-order valence-corrected chi connectivity index (χ0v) is 11.9. The molecular formula is C18H17NO2. The van der Waals surface area contributed by atoms with E-state index in [-0.39, 0.29) is 6.04 Å². The molecule has 1 aliphatic rings. The van der Waals surface area contributed by atoms with Gasteiger partial charge in [-0.2, -0.15) is 0 Å². The van der Waals surface area contributed by atoms with Gasteiger partial charge in [-0.15, -0.1) is 0 Å². The standard InChI is InChI=1S/C18H17NO2/c1-11-5-6-15-13(9-11)10-16(21-15)17(19)14-4-2-3-12-7-8-20-18(12)14/h2-6,9-10,17H,7-8,19H2,1H3. The Kier molecular flexibility index (Phi) is 2.76. The summed E-state index contributed by atoms with van der Waals surface area (Å²) in [6.45, 7) is 2.81. The number of rotatable bonds is 2. The molecule has 21 heavy (non-hydrogen) atoms. The summed E-state index contributed by atoms with van der Waals surface area (Å²) in [6.07, 6.45) is 0.954. The van der Waals surface area contributed by atoms with Crippen molar-refractivity contribution in [3.63, 3.8) is 0 Å². The third-order valence-electron chi connectivity index (χ3n) is 4.08. The molecule has 0 amide bonds. The van der Waals surface area contributed by atoms with Gasteiger partial charge >= 0.3 is 0 Å². The molecule has 2 aromatic carbocycles. The zero-order chi connectivity index (χ0) is 14.4. The second kappa shape index (κ2) is 4.64. The van der Waals surface area contributed by atoms with Crippen LogP contribution in [0.5, 0.6) is 5.75 Å². The van der Waals surface area contributed by atoms with Crippen LogP contribution in [-0.2, 0) is 6.42 Å². The zero-order valence-electron chi connectivity index (χ0n) is 11.9. The smallest absolute Gasteiger partial charge is 0.134 e. The Bertz CT molecular complexity index is 819. The summed E-state index contributed by atoms with van der Waals surface area (Å²) in [5.41, 5.74) is 10.7. The molecule has 2 heterocycles. The predicted octanol–water partition coefficient (Wildman–Crippen LogP) is 3.72. The molecule has 0 aliphatic carbocycles. The van der Waals surface area contributed by atoms with Crippen LogP contribution in [0.4, 0.5) is 0 Å². The topological polar surface area (TPSA) is 48.4 Å². The Morgan fingerprint density at radius 3 is 2.95 bits per heavy atom. The van der Waals surface area contributed by atoms with E-state index in [0.717, 1.165) is 41.1 Å². The molecule has 0 spiro atoms. The molecule has 0 fully saturated rings. The molecule has 1 aromatic heterocycles. The minimum Gasteiger partial charge on any atom is -0.493 e. The van der Waals surface area contributed by atoms with Gasteiger partial charge in [0.05, 0.1) is 12.6 Å². The molecule has 1 atom stereocenters. The lowest BCUT2D eigenvalue weighted by Gasteiger charge is -2.13. The van der Waals surface area contributed by atoms with Crippen LogP contribution < -0.4 is 10.5 Å². The fourth-order valence-electron chi connectivity index (χ4n) is 2.98. The highest BCUT2D eigenvalue weighted by atomic mass is 16.5. The van der Waals surface area contributed by atoms with Crippen LogP contribution in [-0.4, -0.2) is 6.61 Å². The molecule has 3 heteroatoms. The van der Waals surface area contributed by atoms with Crippen molar-refractivity contribution in [1.82, 2.24) is 0 Å². The van der Waals surface area contributed by atoms with Crippen molar-refractivity contribution < 1.29 is 9.15 Å². The first-order valence-corrected chi connectivity index (χ1v) is 7.22. The van der Waals surface area contributed by atoms with E-state index in [4.69, 9.17) is 14.9 Å². The Hall–Kier alpha value is -2.26. The number of fused-ring (bicyclic) bond motifs is 2. The second-order valence-corrected chi connectivity index (χ2v) is 5.60. The molecule has 0 saturated heterocycles. The second-order valence-electron chi connectivity index (χ2n) is 5.60. The number of benzene rings is 2. The van der Waals surface area contributed by atoms with Crippen molar-refractivity contribution >= 4 is 11.0 Å². The van der Waals surface area contributed by atoms with Crippen molar-refractivity contribution in [1.29, 1.82) is 0 Å². The van der Waals surface area contributed by atoms with Crippen LogP contribution >= 0.6 is 0 Å². The van der Waals surface area contributed by atoms with E-state index in [2.05, 4.69) is 19.1 Å². The van der Waals surface area contributed by atoms with Gasteiger partial charge in [0.15, 0.2) is 0 Å². The third kappa shape index (κ3) is 2.01. The van der Waals surface area contributed by atoms with Crippen LogP contribution in [0, 0.1) is 6.92 Å². The Balaban J connectivity index is 1.79. The maximum atomic E-state index is 6.42. The van der Waals surface area contributed by atoms with E-state index in [1.165, 1.54) is 11.1 Å². The van der Waals surface area contributed by atoms with Crippen molar-refractivity contribution in [2.24, 2.45) is 5.73 Å². The van der Waals surface area contributed by atoms with Gasteiger partial charge in [-0.1, -0.05) is 29.8 Å². The number of hydrogen-bond donors (Lipinski definition) is 1. The molecule has 0 bridgehead atoms. The highest BCUT2D eigenvalue weighted by molar-refractivity contribution is 5.79. The van der Waals surface area contributed by atoms with Gasteiger partial charge in [0.25, 0.3) is 0 Å². The average molecular weight is 279 g/mol. The van der Waals surface area contributed by atoms with Gasteiger partial charge in [-0.05, 0) is 30.7 Å². The molecule has 3 aromatic rings. The predicted molar refractivity (Wildman–Crippen MR) is 82.6 cm³/mol. The van der Waals surface area contributed by atoms with Gasteiger partial charge in [0.1, 0.15) is 17.1 Å².